The van der Waals surface area contributed by atoms with E-state index in [2.05, 4.69) is 15.2 Å². The number of amides is 1. The Kier molecular flexibility index (Phi) is 6.08. The van der Waals surface area contributed by atoms with Crippen LogP contribution in [0, 0.1) is 5.82 Å². The van der Waals surface area contributed by atoms with Gasteiger partial charge in [-0.15, -0.1) is 0 Å². The number of imidazole rings is 1. The lowest BCUT2D eigenvalue weighted by atomic mass is 9.88. The van der Waals surface area contributed by atoms with Crippen LogP contribution < -0.4 is 11.1 Å². The number of aromatic nitrogens is 5. The van der Waals surface area contributed by atoms with Crippen molar-refractivity contribution in [3.8, 4) is 22.5 Å². The van der Waals surface area contributed by atoms with Gasteiger partial charge < -0.3 is 16.0 Å². The number of hydrogen-bond acceptors (Lipinski definition) is 6. The molecular formula is C24H27FN8O. The second-order valence-electron chi connectivity index (χ2n) is 8.55. The molecule has 1 aromatic carbocycles. The normalized spacial score (nSPS) is 15.1. The van der Waals surface area contributed by atoms with Crippen molar-refractivity contribution < 1.29 is 9.18 Å². The highest BCUT2D eigenvalue weighted by molar-refractivity contribution is 5.82. The Morgan fingerprint density at radius 2 is 1.91 bits per heavy atom. The molecule has 0 aliphatic carbocycles. The van der Waals surface area contributed by atoms with Gasteiger partial charge in [0, 0.05) is 31.6 Å². The Bertz CT molecular complexity index is 1300. The number of nitrogens with two attached hydrogens (primary N) is 1. The molecule has 0 radical (unpaired) electrons. The number of piperidine rings is 1. The van der Waals surface area contributed by atoms with Crippen LogP contribution in [-0.2, 0) is 11.8 Å². The van der Waals surface area contributed by atoms with Crippen molar-refractivity contribution in [2.24, 2.45) is 12.8 Å². The molecule has 0 unspecified atom stereocenters. The number of benzene rings is 1. The summed E-state index contributed by atoms with van der Waals surface area (Å²) in [5.74, 6) is 0.447. The molecular weight excluding hydrogens is 435 g/mol. The summed E-state index contributed by atoms with van der Waals surface area (Å²) in [6.45, 7) is 3.52. The number of fused-ring (bicyclic) bond motifs is 1. The fourth-order valence-electron chi connectivity index (χ4n) is 4.83. The molecule has 34 heavy (non-hydrogen) atoms. The third-order valence-corrected chi connectivity index (χ3v) is 6.41. The van der Waals surface area contributed by atoms with Crippen LogP contribution >= 0.6 is 0 Å². The van der Waals surface area contributed by atoms with Gasteiger partial charge in [0.15, 0.2) is 11.5 Å². The average Bonchev–Trinajstić information content (AvgIpc) is 3.40. The Morgan fingerprint density at radius 3 is 2.62 bits per heavy atom. The molecule has 9 nitrogen and oxygen atoms in total. The highest BCUT2D eigenvalue weighted by atomic mass is 19.1. The van der Waals surface area contributed by atoms with Crippen LogP contribution in [0.15, 0.2) is 42.6 Å². The van der Waals surface area contributed by atoms with E-state index < -0.39 is 0 Å². The van der Waals surface area contributed by atoms with Crippen molar-refractivity contribution in [1.82, 2.24) is 29.3 Å². The summed E-state index contributed by atoms with van der Waals surface area (Å²) < 4.78 is 17.2. The van der Waals surface area contributed by atoms with Gasteiger partial charge in [-0.2, -0.15) is 10.2 Å². The fraction of sp³-hybridized carbons (Fsp3) is 0.333. The zero-order valence-electron chi connectivity index (χ0n) is 19.0. The maximum absolute atomic E-state index is 13.6. The number of likely N-dealkylation sites (tertiary alicyclic amines) is 1. The first-order chi connectivity index (χ1) is 16.6. The van der Waals surface area contributed by atoms with Gasteiger partial charge in [-0.3, -0.25) is 9.48 Å². The van der Waals surface area contributed by atoms with E-state index in [4.69, 9.17) is 15.9 Å². The third kappa shape index (κ3) is 4.17. The van der Waals surface area contributed by atoms with Crippen molar-refractivity contribution in [2.45, 2.75) is 18.8 Å². The molecule has 3 aromatic heterocycles. The lowest BCUT2D eigenvalue weighted by molar-refractivity contribution is -0.105. The molecule has 0 spiro atoms. The molecule has 1 fully saturated rings. The van der Waals surface area contributed by atoms with E-state index in [1.54, 1.807) is 22.8 Å². The standard InChI is InChI=1S/C24H27FN8O/c1-31-24(17-8-11-32(12-9-17)13-10-26)22(23(30-31)16-2-4-18(25)5-3-16)19-6-7-21-28-20(27-15-34)14-33(21)29-19/h2-7,14-15,17H,8-13,26H2,1H3,(H,27,34). The number of nitrogens with zero attached hydrogens (tertiary/aromatic N) is 6. The molecule has 1 amide bonds. The van der Waals surface area contributed by atoms with Crippen molar-refractivity contribution in [3.63, 3.8) is 0 Å². The first kappa shape index (κ1) is 22.2. The van der Waals surface area contributed by atoms with Crippen LogP contribution in [0.2, 0.25) is 0 Å². The number of nitrogens with one attached hydrogen (secondary N) is 1. The van der Waals surface area contributed by atoms with Gasteiger partial charge in [-0.25, -0.2) is 13.9 Å². The van der Waals surface area contributed by atoms with E-state index in [1.807, 2.05) is 23.9 Å². The summed E-state index contributed by atoms with van der Waals surface area (Å²) in [5, 5.41) is 12.2. The first-order valence-corrected chi connectivity index (χ1v) is 11.4. The largest absolute Gasteiger partial charge is 0.329 e. The van der Waals surface area contributed by atoms with Crippen LogP contribution in [0.4, 0.5) is 10.2 Å². The number of halogens is 1. The summed E-state index contributed by atoms with van der Waals surface area (Å²) in [4.78, 5) is 17.6. The number of aryl methyl sites for hydroxylation is 1. The fourth-order valence-corrected chi connectivity index (χ4v) is 4.83. The first-order valence-electron chi connectivity index (χ1n) is 11.4. The monoisotopic (exact) mass is 462 g/mol. The maximum Gasteiger partial charge on any atom is 0.212 e. The zero-order valence-corrected chi connectivity index (χ0v) is 19.0. The third-order valence-electron chi connectivity index (χ3n) is 6.41. The van der Waals surface area contributed by atoms with E-state index in [0.29, 0.717) is 30.3 Å². The summed E-state index contributed by atoms with van der Waals surface area (Å²) in [6, 6.07) is 10.2. The molecule has 4 aromatic rings. The number of carbonyl (C=O) groups excluding carboxylic acids is 1. The highest BCUT2D eigenvalue weighted by Gasteiger charge is 2.29. The SMILES string of the molecule is Cn1nc(-c2ccc(F)cc2)c(-c2ccc3nc(NC=O)cn3n2)c1C1CCN(CCN)CC1. The van der Waals surface area contributed by atoms with Gasteiger partial charge in [0.05, 0.1) is 23.1 Å². The van der Waals surface area contributed by atoms with Gasteiger partial charge in [0.1, 0.15) is 11.5 Å². The van der Waals surface area contributed by atoms with E-state index in [1.165, 1.54) is 12.1 Å². The molecule has 1 saturated heterocycles. The van der Waals surface area contributed by atoms with Crippen LogP contribution in [-0.4, -0.2) is 61.9 Å². The molecule has 0 saturated carbocycles. The van der Waals surface area contributed by atoms with Crippen molar-refractivity contribution in [2.75, 3.05) is 31.5 Å². The minimum atomic E-state index is -0.290. The van der Waals surface area contributed by atoms with Crippen molar-refractivity contribution in [3.05, 3.63) is 54.1 Å². The molecule has 10 heteroatoms. The maximum atomic E-state index is 13.6. The van der Waals surface area contributed by atoms with Crippen LogP contribution in [0.5, 0.6) is 0 Å². The van der Waals surface area contributed by atoms with Gasteiger partial charge in [0.25, 0.3) is 0 Å². The molecule has 4 heterocycles. The Balaban J connectivity index is 1.62. The summed E-state index contributed by atoms with van der Waals surface area (Å²) in [7, 11) is 1.96. The highest BCUT2D eigenvalue weighted by Crippen LogP contribution is 2.40. The summed E-state index contributed by atoms with van der Waals surface area (Å²) >= 11 is 0. The van der Waals surface area contributed by atoms with Gasteiger partial charge in [-0.1, -0.05) is 0 Å². The number of carbonyl (C=O) groups is 1. The van der Waals surface area contributed by atoms with Crippen molar-refractivity contribution >= 4 is 17.9 Å². The Morgan fingerprint density at radius 1 is 1.15 bits per heavy atom. The molecule has 3 N–H and O–H groups in total. The van der Waals surface area contributed by atoms with Crippen molar-refractivity contribution in [1.29, 1.82) is 0 Å². The number of anilines is 1. The van der Waals surface area contributed by atoms with Gasteiger partial charge in [0.2, 0.25) is 6.41 Å². The Hall–Kier alpha value is -3.63. The van der Waals surface area contributed by atoms with E-state index in [9.17, 15) is 9.18 Å². The topological polar surface area (TPSA) is 106 Å². The molecule has 0 bridgehead atoms. The minimum Gasteiger partial charge on any atom is -0.329 e. The molecule has 1 aliphatic rings. The van der Waals surface area contributed by atoms with Crippen LogP contribution in [0.1, 0.15) is 24.5 Å². The smallest absolute Gasteiger partial charge is 0.212 e. The summed E-state index contributed by atoms with van der Waals surface area (Å²) in [6.07, 6.45) is 4.25. The van der Waals surface area contributed by atoms with E-state index in [-0.39, 0.29) is 5.82 Å². The number of hydrogen-bond donors (Lipinski definition) is 2. The lowest BCUT2D eigenvalue weighted by Gasteiger charge is -2.32. The second kappa shape index (κ2) is 9.32. The average molecular weight is 463 g/mol. The molecule has 5 rings (SSSR count). The predicted octanol–water partition coefficient (Wildman–Crippen LogP) is 2.64. The van der Waals surface area contributed by atoms with Crippen LogP contribution in [0.25, 0.3) is 28.2 Å². The molecule has 176 valence electrons. The molecule has 0 atom stereocenters. The molecule has 1 aliphatic heterocycles. The van der Waals surface area contributed by atoms with E-state index >= 15 is 0 Å². The summed E-state index contributed by atoms with van der Waals surface area (Å²) in [5.41, 5.74) is 10.8. The minimum absolute atomic E-state index is 0.290. The van der Waals surface area contributed by atoms with Crippen LogP contribution in [0.3, 0.4) is 0 Å². The Labute approximate surface area is 196 Å². The second-order valence-corrected chi connectivity index (χ2v) is 8.55. The number of rotatable bonds is 7. The lowest BCUT2D eigenvalue weighted by Crippen LogP contribution is -2.36. The van der Waals surface area contributed by atoms with E-state index in [0.717, 1.165) is 60.7 Å². The predicted molar refractivity (Wildman–Crippen MR) is 128 cm³/mol. The van der Waals surface area contributed by atoms with Gasteiger partial charge in [-0.05, 0) is 62.3 Å². The quantitative estimate of drug-likeness (QED) is 0.409. The zero-order chi connectivity index (χ0) is 23.7. The van der Waals surface area contributed by atoms with Gasteiger partial charge >= 0.3 is 0 Å².